The Labute approximate surface area is 188 Å². The third-order valence-corrected chi connectivity index (χ3v) is 6.51. The van der Waals surface area contributed by atoms with Crippen molar-refractivity contribution < 1.29 is 18.7 Å². The lowest BCUT2D eigenvalue weighted by Gasteiger charge is -2.10. The van der Waals surface area contributed by atoms with Crippen LogP contribution in [0.4, 0.5) is 4.39 Å². The van der Waals surface area contributed by atoms with Gasteiger partial charge < -0.3 is 4.74 Å². The summed E-state index contributed by atoms with van der Waals surface area (Å²) in [6.07, 6.45) is 7.01. The first-order chi connectivity index (χ1) is 14.9. The van der Waals surface area contributed by atoms with Crippen LogP contribution in [0.3, 0.4) is 0 Å². The zero-order chi connectivity index (χ0) is 22.0. The van der Waals surface area contributed by atoms with Crippen LogP contribution < -0.4 is 4.74 Å². The smallest absolute Gasteiger partial charge is 0.169 e. The van der Waals surface area contributed by atoms with E-state index in [1.54, 1.807) is 13.0 Å². The number of ketones is 2. The summed E-state index contributed by atoms with van der Waals surface area (Å²) in [5.41, 5.74) is 2.49. The van der Waals surface area contributed by atoms with Crippen molar-refractivity contribution in [3.8, 4) is 16.2 Å². The van der Waals surface area contributed by atoms with E-state index >= 15 is 0 Å². The van der Waals surface area contributed by atoms with Crippen molar-refractivity contribution in [2.24, 2.45) is 0 Å². The molecule has 4 nitrogen and oxygen atoms in total. The second-order valence-electron chi connectivity index (χ2n) is 7.39. The highest BCUT2D eigenvalue weighted by atomic mass is 35.5. The van der Waals surface area contributed by atoms with Crippen LogP contribution in [0.15, 0.2) is 48.8 Å². The Morgan fingerprint density at radius 3 is 2.87 bits per heavy atom. The van der Waals surface area contributed by atoms with E-state index in [1.165, 1.54) is 29.7 Å². The maximum absolute atomic E-state index is 13.2. The molecule has 3 heterocycles. The fraction of sp³-hybridized carbons (Fsp3) is 0.208. The number of allylic oxidation sites excluding steroid dienone is 1. The van der Waals surface area contributed by atoms with Crippen LogP contribution >= 0.6 is 22.9 Å². The molecule has 0 aliphatic carbocycles. The Hall–Kier alpha value is -2.83. The fourth-order valence-corrected chi connectivity index (χ4v) is 4.64. The minimum Gasteiger partial charge on any atom is -0.488 e. The van der Waals surface area contributed by atoms with Crippen LogP contribution in [0.1, 0.15) is 40.6 Å². The van der Waals surface area contributed by atoms with E-state index in [1.807, 2.05) is 24.3 Å². The lowest BCUT2D eigenvalue weighted by Crippen LogP contribution is -2.14. The quantitative estimate of drug-likeness (QED) is 0.315. The summed E-state index contributed by atoms with van der Waals surface area (Å²) < 4.78 is 19.1. The largest absolute Gasteiger partial charge is 0.488 e. The van der Waals surface area contributed by atoms with E-state index in [9.17, 15) is 14.0 Å². The molecule has 1 aliphatic rings. The van der Waals surface area contributed by atoms with Gasteiger partial charge in [-0.15, -0.1) is 11.3 Å². The molecular formula is C24H19ClFNO3S. The molecule has 1 aliphatic heterocycles. The van der Waals surface area contributed by atoms with E-state index in [2.05, 4.69) is 4.98 Å². The van der Waals surface area contributed by atoms with Gasteiger partial charge in [0, 0.05) is 29.5 Å². The summed E-state index contributed by atoms with van der Waals surface area (Å²) in [4.78, 5) is 29.2. The number of nitrogens with zero attached hydrogens (tertiary/aromatic N) is 1. The molecule has 2 aromatic heterocycles. The highest BCUT2D eigenvalue weighted by molar-refractivity contribution is 7.17. The van der Waals surface area contributed by atoms with Crippen LogP contribution in [-0.4, -0.2) is 22.7 Å². The molecule has 31 heavy (non-hydrogen) atoms. The van der Waals surface area contributed by atoms with Gasteiger partial charge in [-0.1, -0.05) is 11.6 Å². The second kappa shape index (κ2) is 9.12. The molecule has 7 heteroatoms. The van der Waals surface area contributed by atoms with E-state index in [4.69, 9.17) is 16.3 Å². The number of benzene rings is 1. The van der Waals surface area contributed by atoms with Crippen molar-refractivity contribution in [2.45, 2.75) is 32.3 Å². The summed E-state index contributed by atoms with van der Waals surface area (Å²) >= 11 is 7.89. The number of carbonyl (C=O) groups excluding carboxylic acids is 2. The Kier molecular flexibility index (Phi) is 6.30. The summed E-state index contributed by atoms with van der Waals surface area (Å²) in [5.74, 6) is 0.195. The molecule has 1 aromatic carbocycles. The van der Waals surface area contributed by atoms with Crippen molar-refractivity contribution in [2.75, 3.05) is 0 Å². The van der Waals surface area contributed by atoms with Crippen molar-refractivity contribution in [1.29, 1.82) is 0 Å². The molecule has 0 spiro atoms. The van der Waals surface area contributed by atoms with Crippen molar-refractivity contribution in [1.82, 2.24) is 4.98 Å². The molecule has 0 fully saturated rings. The number of halogens is 2. The van der Waals surface area contributed by atoms with Gasteiger partial charge in [0.25, 0.3) is 0 Å². The van der Waals surface area contributed by atoms with Gasteiger partial charge in [-0.05, 0) is 67.0 Å². The Balaban J connectivity index is 1.38. The van der Waals surface area contributed by atoms with Crippen LogP contribution in [0.2, 0.25) is 5.02 Å². The zero-order valence-electron chi connectivity index (χ0n) is 16.7. The normalized spacial score (nSPS) is 15.1. The fourth-order valence-electron chi connectivity index (χ4n) is 3.47. The van der Waals surface area contributed by atoms with E-state index < -0.39 is 5.82 Å². The van der Waals surface area contributed by atoms with Gasteiger partial charge in [0.2, 0.25) is 0 Å². The molecule has 1 atom stereocenters. The van der Waals surface area contributed by atoms with Crippen LogP contribution in [0.25, 0.3) is 16.5 Å². The highest BCUT2D eigenvalue weighted by Crippen LogP contribution is 2.41. The van der Waals surface area contributed by atoms with Gasteiger partial charge in [-0.3, -0.25) is 14.6 Å². The predicted octanol–water partition coefficient (Wildman–Crippen LogP) is 6.17. The Bertz CT molecular complexity index is 1190. The number of Topliss-reactive ketones (excluding diaryl/α,β-unsaturated/α-hetero) is 1. The lowest BCUT2D eigenvalue weighted by molar-refractivity contribution is -0.115. The van der Waals surface area contributed by atoms with Crippen LogP contribution in [-0.2, 0) is 11.2 Å². The number of pyridine rings is 1. The number of fused-ring (bicyclic) bond motifs is 1. The molecule has 0 radical (unpaired) electrons. The number of thiophene rings is 1. The first kappa shape index (κ1) is 21.4. The molecule has 0 N–H and O–H groups in total. The Morgan fingerprint density at radius 1 is 1.29 bits per heavy atom. The highest BCUT2D eigenvalue weighted by Gasteiger charge is 2.26. The van der Waals surface area contributed by atoms with Gasteiger partial charge in [-0.2, -0.15) is 0 Å². The molecule has 3 aromatic rings. The van der Waals surface area contributed by atoms with Gasteiger partial charge >= 0.3 is 0 Å². The van der Waals surface area contributed by atoms with Gasteiger partial charge in [0.1, 0.15) is 17.7 Å². The maximum atomic E-state index is 13.2. The number of ether oxygens (including phenoxy) is 1. The number of hydrogen-bond donors (Lipinski definition) is 0. The molecule has 158 valence electrons. The number of rotatable bonds is 7. The second-order valence-corrected chi connectivity index (χ2v) is 8.88. The van der Waals surface area contributed by atoms with Crippen molar-refractivity contribution in [3.05, 3.63) is 75.6 Å². The summed E-state index contributed by atoms with van der Waals surface area (Å²) in [7, 11) is 0. The molecule has 0 amide bonds. The minimum absolute atomic E-state index is 0.0410. The number of carbonyl (C=O) groups is 2. The molecule has 0 bridgehead atoms. The molecular weight excluding hydrogens is 437 g/mol. The van der Waals surface area contributed by atoms with Crippen molar-refractivity contribution >= 4 is 40.6 Å². The van der Waals surface area contributed by atoms with E-state index in [0.29, 0.717) is 40.5 Å². The number of aromatic nitrogens is 1. The molecule has 1 unspecified atom stereocenters. The van der Waals surface area contributed by atoms with Gasteiger partial charge in [-0.25, -0.2) is 4.39 Å². The summed E-state index contributed by atoms with van der Waals surface area (Å²) in [6.45, 7) is 1.55. The zero-order valence-corrected chi connectivity index (χ0v) is 18.3. The maximum Gasteiger partial charge on any atom is 0.169 e. The lowest BCUT2D eigenvalue weighted by atomic mass is 10.0. The predicted molar refractivity (Wildman–Crippen MR) is 120 cm³/mol. The van der Waals surface area contributed by atoms with E-state index in [-0.39, 0.29) is 17.7 Å². The molecule has 4 rings (SSSR count). The van der Waals surface area contributed by atoms with Gasteiger partial charge in [0.05, 0.1) is 16.1 Å². The SMILES string of the molecule is CC(=O)c1ccc(-c2cc(Cl)c3c(c2)CC(CCC(=O)/C=C/c2cncc(F)c2)O3)s1. The molecule has 0 saturated carbocycles. The third-order valence-electron chi connectivity index (χ3n) is 4.99. The van der Waals surface area contributed by atoms with Crippen molar-refractivity contribution in [3.63, 3.8) is 0 Å². The van der Waals surface area contributed by atoms with Crippen LogP contribution in [0, 0.1) is 5.82 Å². The topological polar surface area (TPSA) is 56.3 Å². The van der Waals surface area contributed by atoms with E-state index in [0.717, 1.165) is 22.2 Å². The average molecular weight is 456 g/mol. The number of hydrogen-bond acceptors (Lipinski definition) is 5. The third kappa shape index (κ3) is 5.09. The summed E-state index contributed by atoms with van der Waals surface area (Å²) in [5, 5.41) is 0.526. The summed E-state index contributed by atoms with van der Waals surface area (Å²) in [6, 6.07) is 8.95. The Morgan fingerprint density at radius 2 is 2.13 bits per heavy atom. The molecule has 0 saturated heterocycles. The first-order valence-corrected chi connectivity index (χ1v) is 11.0. The monoisotopic (exact) mass is 455 g/mol. The van der Waals surface area contributed by atoms with Gasteiger partial charge in [0.15, 0.2) is 11.6 Å². The van der Waals surface area contributed by atoms with Crippen LogP contribution in [0.5, 0.6) is 5.75 Å². The standard InChI is InChI=1S/C24H19ClFNO3S/c1-14(28)22-6-7-23(31-22)16-9-17-10-20(30-24(17)21(25)11-16)5-4-19(29)3-2-15-8-18(26)13-27-12-15/h2-3,6-9,11-13,20H,4-5,10H2,1H3/b3-2+. The average Bonchev–Trinajstić information content (AvgIpc) is 3.38. The first-order valence-electron chi connectivity index (χ1n) is 9.81. The minimum atomic E-state index is -0.442.